The van der Waals surface area contributed by atoms with Crippen molar-refractivity contribution in [1.82, 2.24) is 5.43 Å². The van der Waals surface area contributed by atoms with Crippen LogP contribution in [0.25, 0.3) is 0 Å². The minimum absolute atomic E-state index is 0. The van der Waals surface area contributed by atoms with Crippen molar-refractivity contribution >= 4 is 11.4 Å². The van der Waals surface area contributed by atoms with Crippen LogP contribution in [-0.4, -0.2) is 42.4 Å². The number of azo groups is 1. The summed E-state index contributed by atoms with van der Waals surface area (Å²) in [6, 6.07) is 18.9. The van der Waals surface area contributed by atoms with Crippen molar-refractivity contribution in [3.63, 3.8) is 0 Å². The van der Waals surface area contributed by atoms with Gasteiger partial charge in [-0.25, -0.2) is 0 Å². The molecule has 2 atom stereocenters. The van der Waals surface area contributed by atoms with Crippen molar-refractivity contribution < 1.29 is 22.0 Å². The molecule has 6 nitrogen and oxygen atoms in total. The zero-order chi connectivity index (χ0) is 18.8. The topological polar surface area (TPSA) is 60.2 Å². The highest BCUT2D eigenvalue weighted by molar-refractivity contribution is 5.49. The second-order valence-electron chi connectivity index (χ2n) is 7.48. The maximum absolute atomic E-state index is 10.8. The van der Waals surface area contributed by atoms with Crippen molar-refractivity contribution in [1.29, 1.82) is 0 Å². The van der Waals surface area contributed by atoms with Gasteiger partial charge in [0.25, 0.3) is 0 Å². The first-order valence-corrected chi connectivity index (χ1v) is 8.61. The number of para-hydroxylation sites is 1. The van der Waals surface area contributed by atoms with Crippen LogP contribution in [0.4, 0.5) is 11.4 Å². The van der Waals surface area contributed by atoms with Crippen LogP contribution < -0.4 is 22.8 Å². The number of aliphatic hydroxyl groups excluding tert-OH is 1. The molecule has 0 aromatic heterocycles. The van der Waals surface area contributed by atoms with E-state index >= 15 is 0 Å². The number of likely N-dealkylation sites (N-methyl/N-ethyl adjacent to an activating group) is 1. The Hall–Kier alpha value is -2.41. The lowest BCUT2D eigenvalue weighted by Crippen LogP contribution is -3.00. The lowest BCUT2D eigenvalue weighted by molar-refractivity contribution is -0.927. The van der Waals surface area contributed by atoms with E-state index in [4.69, 9.17) is 0 Å². The molecule has 144 valence electrons. The van der Waals surface area contributed by atoms with E-state index in [1.165, 1.54) is 0 Å². The summed E-state index contributed by atoms with van der Waals surface area (Å²) in [5, 5.41) is 21.5. The molecule has 2 aromatic rings. The maximum Gasteiger partial charge on any atom is 0.199 e. The molecule has 0 saturated heterocycles. The van der Waals surface area contributed by atoms with Gasteiger partial charge < -0.3 is 22.0 Å². The molecule has 2 N–H and O–H groups in total. The fourth-order valence-corrected chi connectivity index (χ4v) is 2.86. The minimum Gasteiger partial charge on any atom is -1.00 e. The van der Waals surface area contributed by atoms with Gasteiger partial charge >= 0.3 is 0 Å². The summed E-state index contributed by atoms with van der Waals surface area (Å²) in [7, 11) is 6.21. The molecule has 1 aliphatic heterocycles. The van der Waals surface area contributed by atoms with Crippen LogP contribution in [0, 0.1) is 0 Å². The molecule has 1 heterocycles. The Morgan fingerprint density at radius 1 is 1.00 bits per heavy atom. The highest BCUT2D eigenvalue weighted by atomic mass is 35.5. The highest BCUT2D eigenvalue weighted by Gasteiger charge is 2.52. The van der Waals surface area contributed by atoms with Gasteiger partial charge in [0, 0.05) is 6.92 Å². The average molecular weight is 388 g/mol. The second-order valence-corrected chi connectivity index (χ2v) is 7.48. The fourth-order valence-electron chi connectivity index (χ4n) is 2.86. The van der Waals surface area contributed by atoms with Gasteiger partial charge in [-0.15, -0.1) is 0 Å². The number of anilines is 1. The maximum atomic E-state index is 10.8. The summed E-state index contributed by atoms with van der Waals surface area (Å²) in [5.74, 6) is 0.169. The monoisotopic (exact) mass is 387 g/mol. The van der Waals surface area contributed by atoms with Crippen molar-refractivity contribution in [3.05, 3.63) is 72.6 Å². The molecular weight excluding hydrogens is 362 g/mol. The van der Waals surface area contributed by atoms with Crippen molar-refractivity contribution in [2.75, 3.05) is 26.2 Å². The van der Waals surface area contributed by atoms with Gasteiger partial charge in [0.1, 0.15) is 5.76 Å². The van der Waals surface area contributed by atoms with Crippen LogP contribution in [0.15, 0.2) is 82.9 Å². The molecule has 2 aromatic carbocycles. The smallest absolute Gasteiger partial charge is 0.199 e. The lowest BCUT2D eigenvalue weighted by atomic mass is 9.96. The molecular formula is C20H26ClN5O. The van der Waals surface area contributed by atoms with Crippen molar-refractivity contribution in [3.8, 4) is 0 Å². The Balaban J connectivity index is 0.00000261. The number of hydrogen-bond acceptors (Lipinski definition) is 5. The van der Waals surface area contributed by atoms with E-state index in [1.54, 1.807) is 6.20 Å². The first-order valence-electron chi connectivity index (χ1n) is 8.61. The summed E-state index contributed by atoms with van der Waals surface area (Å²) in [6.45, 7) is 2.04. The number of rotatable bonds is 4. The molecule has 1 aliphatic rings. The number of hydrazine groups is 1. The number of benzene rings is 2. The Labute approximate surface area is 166 Å². The quantitative estimate of drug-likeness (QED) is 0.607. The van der Waals surface area contributed by atoms with Crippen LogP contribution in [0.1, 0.15) is 6.92 Å². The van der Waals surface area contributed by atoms with Crippen LogP contribution in [0.5, 0.6) is 0 Å². The first kappa shape index (κ1) is 20.9. The van der Waals surface area contributed by atoms with E-state index in [2.05, 4.69) is 36.8 Å². The van der Waals surface area contributed by atoms with E-state index in [0.717, 1.165) is 11.4 Å². The largest absolute Gasteiger partial charge is 1.00 e. The second kappa shape index (κ2) is 8.08. The van der Waals surface area contributed by atoms with Gasteiger partial charge in [-0.2, -0.15) is 15.7 Å². The van der Waals surface area contributed by atoms with Crippen LogP contribution in [0.2, 0.25) is 0 Å². The molecule has 27 heavy (non-hydrogen) atoms. The normalized spacial score (nSPS) is 23.0. The fraction of sp³-hybridized carbons (Fsp3) is 0.300. The van der Waals surface area contributed by atoms with Gasteiger partial charge in [0.2, 0.25) is 0 Å². The zero-order valence-electron chi connectivity index (χ0n) is 16.0. The van der Waals surface area contributed by atoms with E-state index in [9.17, 15) is 5.11 Å². The number of aliphatic hydroxyl groups is 1. The van der Waals surface area contributed by atoms with Crippen molar-refractivity contribution in [2.24, 2.45) is 10.2 Å². The third-order valence-electron chi connectivity index (χ3n) is 4.89. The molecule has 0 fully saturated rings. The van der Waals surface area contributed by atoms with Gasteiger partial charge in [-0.1, -0.05) is 36.4 Å². The molecule has 0 bridgehead atoms. The number of nitrogens with one attached hydrogen (secondary N) is 1. The third kappa shape index (κ3) is 4.30. The number of quaternary nitrogens is 1. The van der Waals surface area contributed by atoms with Crippen molar-refractivity contribution in [2.45, 2.75) is 18.6 Å². The minimum atomic E-state index is -0.604. The van der Waals surface area contributed by atoms with Gasteiger partial charge in [-0.3, -0.25) is 5.01 Å². The summed E-state index contributed by atoms with van der Waals surface area (Å²) in [6.07, 6.45) is 1.67. The number of halogens is 1. The Morgan fingerprint density at radius 2 is 1.56 bits per heavy atom. The predicted molar refractivity (Wildman–Crippen MR) is 104 cm³/mol. The van der Waals surface area contributed by atoms with E-state index in [0.29, 0.717) is 4.48 Å². The molecule has 3 rings (SSSR count). The molecule has 0 spiro atoms. The molecule has 2 unspecified atom stereocenters. The highest BCUT2D eigenvalue weighted by Crippen LogP contribution is 2.33. The van der Waals surface area contributed by atoms with E-state index < -0.39 is 11.7 Å². The number of nitrogens with zero attached hydrogens (tertiary/aromatic N) is 4. The van der Waals surface area contributed by atoms with Gasteiger partial charge in [0.15, 0.2) is 11.7 Å². The third-order valence-corrected chi connectivity index (χ3v) is 4.89. The van der Waals surface area contributed by atoms with Gasteiger partial charge in [0.05, 0.1) is 38.7 Å². The molecule has 7 heteroatoms. The summed E-state index contributed by atoms with van der Waals surface area (Å²) >= 11 is 0. The summed E-state index contributed by atoms with van der Waals surface area (Å²) < 4.78 is 0.534. The Bertz CT molecular complexity index is 804. The van der Waals surface area contributed by atoms with Crippen LogP contribution in [-0.2, 0) is 0 Å². The molecule has 0 saturated carbocycles. The lowest BCUT2D eigenvalue weighted by Gasteiger charge is -2.50. The molecule has 0 radical (unpaired) electrons. The standard InChI is InChI=1S/C20H25N5O.ClH/c1-20(25(2,3)4)19(22-21-16-11-7-5-8-12-16)18(26)15-24(23-20)17-13-9-6-10-14-17;/h5-15,19,23H,1-4H3;1H. The van der Waals surface area contributed by atoms with Crippen LogP contribution >= 0.6 is 0 Å². The van der Waals surface area contributed by atoms with Gasteiger partial charge in [-0.05, 0) is 24.3 Å². The SMILES string of the molecule is CC1([N+](C)(C)C)NN(c2ccccc2)C=C(O)C1N=Nc1ccccc1.[Cl-]. The van der Waals surface area contributed by atoms with Crippen LogP contribution in [0.3, 0.4) is 0 Å². The Kier molecular flexibility index (Phi) is 6.26. The number of hydrogen-bond donors (Lipinski definition) is 2. The van der Waals surface area contributed by atoms with E-state index in [1.807, 2.05) is 72.6 Å². The average Bonchev–Trinajstić information content (AvgIpc) is 2.61. The zero-order valence-corrected chi connectivity index (χ0v) is 16.8. The molecule has 0 aliphatic carbocycles. The summed E-state index contributed by atoms with van der Waals surface area (Å²) in [5.41, 5.74) is 4.61. The predicted octanol–water partition coefficient (Wildman–Crippen LogP) is 0.990. The first-order chi connectivity index (χ1) is 12.3. The van der Waals surface area contributed by atoms with E-state index in [-0.39, 0.29) is 18.2 Å². The Morgan fingerprint density at radius 3 is 2.11 bits per heavy atom. The molecule has 0 amide bonds. The summed E-state index contributed by atoms with van der Waals surface area (Å²) in [4.78, 5) is 0.